The molecule has 0 saturated heterocycles. The van der Waals surface area contributed by atoms with Crippen LogP contribution in [0, 0.1) is 0 Å². The summed E-state index contributed by atoms with van der Waals surface area (Å²) in [4.78, 5) is 5.38. The zero-order chi connectivity index (χ0) is 9.52. The number of aromatic amines is 1. The molecular weight excluding hydrogens is 162 g/mol. The first kappa shape index (κ1) is 10.3. The Morgan fingerprint density at radius 2 is 2.31 bits per heavy atom. The number of nitrogens with one attached hydrogen (secondary N) is 1. The van der Waals surface area contributed by atoms with Crippen LogP contribution in [0.1, 0.15) is 12.0 Å². The molecular formula is C10H19N3. The Morgan fingerprint density at radius 3 is 2.92 bits per heavy atom. The molecule has 0 fully saturated rings. The van der Waals surface area contributed by atoms with E-state index >= 15 is 0 Å². The van der Waals surface area contributed by atoms with Crippen LogP contribution in [0.2, 0.25) is 0 Å². The molecule has 0 radical (unpaired) electrons. The van der Waals surface area contributed by atoms with Gasteiger partial charge in [0.1, 0.15) is 0 Å². The number of H-pyrrole nitrogens is 1. The van der Waals surface area contributed by atoms with Gasteiger partial charge in [0.2, 0.25) is 0 Å². The summed E-state index contributed by atoms with van der Waals surface area (Å²) in [6.07, 6.45) is 6.22. The van der Waals surface area contributed by atoms with Gasteiger partial charge in [-0.3, -0.25) is 0 Å². The molecule has 0 aromatic carbocycles. The van der Waals surface area contributed by atoms with E-state index in [1.165, 1.54) is 5.56 Å². The van der Waals surface area contributed by atoms with Crippen molar-refractivity contribution in [3.05, 3.63) is 24.0 Å². The Labute approximate surface area is 79.9 Å². The number of nitrogens with two attached hydrogens (primary N) is 1. The van der Waals surface area contributed by atoms with Gasteiger partial charge in [0.05, 0.1) is 0 Å². The topological polar surface area (TPSA) is 45.0 Å². The first-order valence-corrected chi connectivity index (χ1v) is 4.83. The molecule has 1 aromatic rings. The first-order valence-electron chi connectivity index (χ1n) is 4.83. The largest absolute Gasteiger partial charge is 0.367 e. The van der Waals surface area contributed by atoms with E-state index < -0.39 is 0 Å². The molecule has 0 unspecified atom stereocenters. The van der Waals surface area contributed by atoms with Crippen LogP contribution in [-0.2, 0) is 6.42 Å². The monoisotopic (exact) mass is 181 g/mol. The molecule has 1 aromatic heterocycles. The number of hydrogen-bond donors (Lipinski definition) is 2. The lowest BCUT2D eigenvalue weighted by Gasteiger charge is -2.14. The highest BCUT2D eigenvalue weighted by Crippen LogP contribution is 1.99. The molecule has 0 aliphatic carbocycles. The van der Waals surface area contributed by atoms with Crippen LogP contribution in [0.15, 0.2) is 18.5 Å². The van der Waals surface area contributed by atoms with Crippen molar-refractivity contribution in [2.24, 2.45) is 5.73 Å². The highest BCUT2D eigenvalue weighted by molar-refractivity contribution is 5.08. The first-order chi connectivity index (χ1) is 6.33. The van der Waals surface area contributed by atoms with Crippen LogP contribution in [0.3, 0.4) is 0 Å². The maximum absolute atomic E-state index is 5.44. The molecule has 1 rings (SSSR count). The van der Waals surface area contributed by atoms with E-state index in [2.05, 4.69) is 29.2 Å². The van der Waals surface area contributed by atoms with E-state index in [-0.39, 0.29) is 0 Å². The van der Waals surface area contributed by atoms with E-state index in [0.717, 1.165) is 32.5 Å². The Morgan fingerprint density at radius 1 is 1.46 bits per heavy atom. The van der Waals surface area contributed by atoms with E-state index in [1.807, 2.05) is 6.20 Å². The molecule has 3 N–H and O–H groups in total. The van der Waals surface area contributed by atoms with Crippen molar-refractivity contribution in [2.75, 3.05) is 26.7 Å². The van der Waals surface area contributed by atoms with E-state index in [9.17, 15) is 0 Å². The summed E-state index contributed by atoms with van der Waals surface area (Å²) in [6.45, 7) is 2.99. The van der Waals surface area contributed by atoms with Gasteiger partial charge >= 0.3 is 0 Å². The van der Waals surface area contributed by atoms with Crippen molar-refractivity contribution < 1.29 is 0 Å². The average molecular weight is 181 g/mol. The third-order valence-electron chi connectivity index (χ3n) is 2.19. The quantitative estimate of drug-likeness (QED) is 0.683. The lowest BCUT2D eigenvalue weighted by molar-refractivity contribution is 0.335. The fourth-order valence-corrected chi connectivity index (χ4v) is 1.31. The fraction of sp³-hybridized carbons (Fsp3) is 0.600. The molecule has 13 heavy (non-hydrogen) atoms. The van der Waals surface area contributed by atoms with Gasteiger partial charge in [0.25, 0.3) is 0 Å². The van der Waals surface area contributed by atoms with Crippen molar-refractivity contribution in [3.8, 4) is 0 Å². The van der Waals surface area contributed by atoms with E-state index in [0.29, 0.717) is 0 Å². The molecule has 0 aliphatic heterocycles. The predicted octanol–water partition coefficient (Wildman–Crippen LogP) is 0.838. The summed E-state index contributed by atoms with van der Waals surface area (Å²) in [5, 5.41) is 0. The van der Waals surface area contributed by atoms with Gasteiger partial charge in [-0.05, 0) is 44.6 Å². The Kier molecular flexibility index (Phi) is 4.57. The number of rotatable bonds is 6. The zero-order valence-electron chi connectivity index (χ0n) is 8.29. The van der Waals surface area contributed by atoms with E-state index in [1.54, 1.807) is 0 Å². The minimum Gasteiger partial charge on any atom is -0.367 e. The SMILES string of the molecule is CN(CCCN)CCc1cc[nH]c1. The number of aromatic nitrogens is 1. The molecule has 0 saturated carbocycles. The minimum atomic E-state index is 0.786. The van der Waals surface area contributed by atoms with Crippen molar-refractivity contribution in [2.45, 2.75) is 12.8 Å². The summed E-state index contributed by atoms with van der Waals surface area (Å²) in [5.74, 6) is 0. The van der Waals surface area contributed by atoms with Gasteiger partial charge < -0.3 is 15.6 Å². The second-order valence-electron chi connectivity index (χ2n) is 3.41. The Hall–Kier alpha value is -0.800. The van der Waals surface area contributed by atoms with Crippen molar-refractivity contribution in [3.63, 3.8) is 0 Å². The number of nitrogens with zero attached hydrogens (tertiary/aromatic N) is 1. The van der Waals surface area contributed by atoms with Gasteiger partial charge in [-0.1, -0.05) is 0 Å². The normalized spacial score (nSPS) is 11.0. The minimum absolute atomic E-state index is 0.786. The number of likely N-dealkylation sites (N-methyl/N-ethyl adjacent to an activating group) is 1. The third kappa shape index (κ3) is 4.10. The van der Waals surface area contributed by atoms with Crippen molar-refractivity contribution in [1.82, 2.24) is 9.88 Å². The van der Waals surface area contributed by atoms with Crippen LogP contribution in [0.25, 0.3) is 0 Å². The predicted molar refractivity (Wildman–Crippen MR) is 55.7 cm³/mol. The molecule has 0 amide bonds. The highest BCUT2D eigenvalue weighted by atomic mass is 15.1. The summed E-state index contributed by atoms with van der Waals surface area (Å²) in [6, 6.07) is 2.12. The fourth-order valence-electron chi connectivity index (χ4n) is 1.31. The molecule has 3 nitrogen and oxygen atoms in total. The highest BCUT2D eigenvalue weighted by Gasteiger charge is 1.98. The average Bonchev–Trinajstić information content (AvgIpc) is 2.64. The third-order valence-corrected chi connectivity index (χ3v) is 2.19. The summed E-state index contributed by atoms with van der Waals surface area (Å²) in [5.41, 5.74) is 6.81. The van der Waals surface area contributed by atoms with Gasteiger partial charge in [0, 0.05) is 18.9 Å². The van der Waals surface area contributed by atoms with Crippen LogP contribution < -0.4 is 5.73 Å². The van der Waals surface area contributed by atoms with Crippen LogP contribution in [0.5, 0.6) is 0 Å². The van der Waals surface area contributed by atoms with Gasteiger partial charge in [-0.2, -0.15) is 0 Å². The molecule has 74 valence electrons. The van der Waals surface area contributed by atoms with Crippen LogP contribution >= 0.6 is 0 Å². The Balaban J connectivity index is 2.11. The van der Waals surface area contributed by atoms with E-state index in [4.69, 9.17) is 5.73 Å². The van der Waals surface area contributed by atoms with Gasteiger partial charge in [0.15, 0.2) is 0 Å². The Bertz CT molecular complexity index is 206. The zero-order valence-corrected chi connectivity index (χ0v) is 8.29. The molecule has 0 bridgehead atoms. The lowest BCUT2D eigenvalue weighted by atomic mass is 10.2. The molecule has 3 heteroatoms. The number of hydrogen-bond acceptors (Lipinski definition) is 2. The van der Waals surface area contributed by atoms with Gasteiger partial charge in [-0.25, -0.2) is 0 Å². The second kappa shape index (κ2) is 5.78. The van der Waals surface area contributed by atoms with Crippen molar-refractivity contribution >= 4 is 0 Å². The molecule has 0 atom stereocenters. The van der Waals surface area contributed by atoms with Crippen LogP contribution in [-0.4, -0.2) is 36.6 Å². The van der Waals surface area contributed by atoms with Crippen molar-refractivity contribution in [1.29, 1.82) is 0 Å². The summed E-state index contributed by atoms with van der Waals surface area (Å²) in [7, 11) is 2.14. The smallest absolute Gasteiger partial charge is 0.00378 e. The van der Waals surface area contributed by atoms with Crippen LogP contribution in [0.4, 0.5) is 0 Å². The lowest BCUT2D eigenvalue weighted by Crippen LogP contribution is -2.24. The maximum Gasteiger partial charge on any atom is 0.00378 e. The molecule has 1 heterocycles. The molecule has 0 spiro atoms. The second-order valence-corrected chi connectivity index (χ2v) is 3.41. The molecule has 0 aliphatic rings. The maximum atomic E-state index is 5.44. The van der Waals surface area contributed by atoms with Gasteiger partial charge in [-0.15, -0.1) is 0 Å². The summed E-state index contributed by atoms with van der Waals surface area (Å²) >= 11 is 0. The standard InChI is InChI=1S/C10H19N3/c1-13(7-2-5-11)8-4-10-3-6-12-9-10/h3,6,9,12H,2,4-5,7-8,11H2,1H3. The summed E-state index contributed by atoms with van der Waals surface area (Å²) < 4.78 is 0.